The number of hydrogen-bond donors (Lipinski definition) is 3. The van der Waals surface area contributed by atoms with Crippen LogP contribution in [0.3, 0.4) is 0 Å². The fraction of sp³-hybridized carbons (Fsp3) is 0.133. The topological polar surface area (TPSA) is 75.4 Å². The highest BCUT2D eigenvalue weighted by Gasteiger charge is 2.15. The van der Waals surface area contributed by atoms with Gasteiger partial charge in [-0.15, -0.1) is 0 Å². The first-order valence-electron chi connectivity index (χ1n) is 6.13. The van der Waals surface area contributed by atoms with Gasteiger partial charge >= 0.3 is 0 Å². The van der Waals surface area contributed by atoms with Crippen LogP contribution >= 0.6 is 11.6 Å². The predicted molar refractivity (Wildman–Crippen MR) is 79.6 cm³/mol. The summed E-state index contributed by atoms with van der Waals surface area (Å²) in [6.07, 6.45) is 0. The zero-order chi connectivity index (χ0) is 14.5. The van der Waals surface area contributed by atoms with E-state index in [4.69, 9.17) is 17.3 Å². The van der Waals surface area contributed by atoms with Crippen molar-refractivity contribution in [2.45, 2.75) is 6.04 Å². The fourth-order valence-electron chi connectivity index (χ4n) is 1.85. The lowest BCUT2D eigenvalue weighted by Crippen LogP contribution is -2.30. The SMILES string of the molecule is Nc1cc(C(=O)N[C@@H](CO)c2ccccc2)ccc1Cl. The summed E-state index contributed by atoms with van der Waals surface area (Å²) in [5, 5.41) is 12.6. The van der Waals surface area contributed by atoms with E-state index in [9.17, 15) is 9.90 Å². The van der Waals surface area contributed by atoms with Gasteiger partial charge in [0, 0.05) is 5.56 Å². The molecule has 0 saturated heterocycles. The molecule has 1 amide bonds. The Kier molecular flexibility index (Phi) is 4.61. The van der Waals surface area contributed by atoms with E-state index in [0.29, 0.717) is 16.3 Å². The quantitative estimate of drug-likeness (QED) is 0.757. The van der Waals surface area contributed by atoms with Crippen molar-refractivity contribution in [2.24, 2.45) is 0 Å². The van der Waals surface area contributed by atoms with E-state index in [1.165, 1.54) is 6.07 Å². The van der Waals surface area contributed by atoms with Gasteiger partial charge in [-0.3, -0.25) is 4.79 Å². The molecule has 2 rings (SSSR count). The number of nitrogens with two attached hydrogens (primary N) is 1. The van der Waals surface area contributed by atoms with Crippen molar-refractivity contribution in [1.29, 1.82) is 0 Å². The zero-order valence-corrected chi connectivity index (χ0v) is 11.5. The maximum Gasteiger partial charge on any atom is 0.251 e. The van der Waals surface area contributed by atoms with Crippen molar-refractivity contribution in [2.75, 3.05) is 12.3 Å². The lowest BCUT2D eigenvalue weighted by Gasteiger charge is -2.17. The molecule has 2 aromatic carbocycles. The van der Waals surface area contributed by atoms with E-state index < -0.39 is 6.04 Å². The van der Waals surface area contributed by atoms with Crippen LogP contribution in [-0.2, 0) is 0 Å². The molecule has 0 bridgehead atoms. The van der Waals surface area contributed by atoms with Crippen molar-refractivity contribution >= 4 is 23.2 Å². The van der Waals surface area contributed by atoms with Gasteiger partial charge in [0.1, 0.15) is 0 Å². The van der Waals surface area contributed by atoms with Crippen molar-refractivity contribution in [3.63, 3.8) is 0 Å². The maximum absolute atomic E-state index is 12.1. The van der Waals surface area contributed by atoms with Crippen molar-refractivity contribution in [3.8, 4) is 0 Å². The average molecular weight is 291 g/mol. The second-order valence-electron chi connectivity index (χ2n) is 4.36. The van der Waals surface area contributed by atoms with Gasteiger partial charge in [0.2, 0.25) is 0 Å². The largest absolute Gasteiger partial charge is 0.398 e. The number of nitrogen functional groups attached to an aromatic ring is 1. The number of aliphatic hydroxyl groups excluding tert-OH is 1. The number of hydrogen-bond acceptors (Lipinski definition) is 3. The number of halogens is 1. The van der Waals surface area contributed by atoms with Crippen LogP contribution < -0.4 is 11.1 Å². The monoisotopic (exact) mass is 290 g/mol. The highest BCUT2D eigenvalue weighted by atomic mass is 35.5. The normalized spacial score (nSPS) is 11.9. The van der Waals surface area contributed by atoms with Gasteiger partial charge in [-0.2, -0.15) is 0 Å². The van der Waals surface area contributed by atoms with Gasteiger partial charge in [0.25, 0.3) is 5.91 Å². The molecule has 0 aliphatic rings. The molecule has 0 fully saturated rings. The van der Waals surface area contributed by atoms with Crippen LogP contribution in [0.2, 0.25) is 5.02 Å². The minimum absolute atomic E-state index is 0.182. The Labute approximate surface area is 122 Å². The van der Waals surface area contributed by atoms with Gasteiger partial charge < -0.3 is 16.2 Å². The summed E-state index contributed by atoms with van der Waals surface area (Å²) in [5.74, 6) is -0.309. The molecule has 0 aliphatic carbocycles. The van der Waals surface area contributed by atoms with Gasteiger partial charge in [0.05, 0.1) is 23.4 Å². The molecule has 0 aromatic heterocycles. The molecule has 104 valence electrons. The first-order chi connectivity index (χ1) is 9.61. The first kappa shape index (κ1) is 14.4. The molecule has 2 aromatic rings. The Morgan fingerprint density at radius 3 is 2.55 bits per heavy atom. The molecule has 0 aliphatic heterocycles. The number of benzene rings is 2. The first-order valence-corrected chi connectivity index (χ1v) is 6.51. The summed E-state index contributed by atoms with van der Waals surface area (Å²) < 4.78 is 0. The third-order valence-electron chi connectivity index (χ3n) is 2.95. The van der Waals surface area contributed by atoms with Gasteiger partial charge in [0.15, 0.2) is 0 Å². The molecular formula is C15H15ClN2O2. The second kappa shape index (κ2) is 6.41. The van der Waals surface area contributed by atoms with Crippen LogP contribution in [0.25, 0.3) is 0 Å². The van der Waals surface area contributed by atoms with Crippen LogP contribution in [-0.4, -0.2) is 17.6 Å². The summed E-state index contributed by atoms with van der Waals surface area (Å²) in [6.45, 7) is -0.182. The van der Waals surface area contributed by atoms with Gasteiger partial charge in [-0.05, 0) is 23.8 Å². The maximum atomic E-state index is 12.1. The molecule has 4 nitrogen and oxygen atoms in total. The number of nitrogens with one attached hydrogen (secondary N) is 1. The third-order valence-corrected chi connectivity index (χ3v) is 3.29. The van der Waals surface area contributed by atoms with Crippen LogP contribution in [0.4, 0.5) is 5.69 Å². The van der Waals surface area contributed by atoms with Crippen LogP contribution in [0, 0.1) is 0 Å². The van der Waals surface area contributed by atoms with Crippen molar-refractivity contribution < 1.29 is 9.90 Å². The molecule has 20 heavy (non-hydrogen) atoms. The van der Waals surface area contributed by atoms with E-state index in [2.05, 4.69) is 5.32 Å². The lowest BCUT2D eigenvalue weighted by molar-refractivity contribution is 0.0916. The van der Waals surface area contributed by atoms with Crippen molar-refractivity contribution in [3.05, 3.63) is 64.7 Å². The Bertz CT molecular complexity index is 602. The summed E-state index contributed by atoms with van der Waals surface area (Å²) >= 11 is 5.82. The number of anilines is 1. The van der Waals surface area contributed by atoms with E-state index >= 15 is 0 Å². The minimum Gasteiger partial charge on any atom is -0.398 e. The van der Waals surface area contributed by atoms with Crippen LogP contribution in [0.5, 0.6) is 0 Å². The number of amides is 1. The van der Waals surface area contributed by atoms with E-state index in [1.807, 2.05) is 30.3 Å². The van der Waals surface area contributed by atoms with E-state index in [0.717, 1.165) is 5.56 Å². The number of rotatable bonds is 4. The summed E-state index contributed by atoms with van der Waals surface area (Å²) in [4.78, 5) is 12.1. The number of carbonyl (C=O) groups is 1. The zero-order valence-electron chi connectivity index (χ0n) is 10.7. The van der Waals surface area contributed by atoms with E-state index in [1.54, 1.807) is 12.1 Å². The average Bonchev–Trinajstić information content (AvgIpc) is 2.48. The van der Waals surface area contributed by atoms with E-state index in [-0.39, 0.29) is 12.5 Å². The predicted octanol–water partition coefficient (Wildman–Crippen LogP) is 2.39. The van der Waals surface area contributed by atoms with Gasteiger partial charge in [-0.1, -0.05) is 41.9 Å². The smallest absolute Gasteiger partial charge is 0.251 e. The highest BCUT2D eigenvalue weighted by Crippen LogP contribution is 2.20. The molecule has 0 radical (unpaired) electrons. The van der Waals surface area contributed by atoms with Gasteiger partial charge in [-0.25, -0.2) is 0 Å². The summed E-state index contributed by atoms with van der Waals surface area (Å²) in [6, 6.07) is 13.5. The fourth-order valence-corrected chi connectivity index (χ4v) is 1.96. The molecule has 1 atom stereocenters. The molecule has 0 saturated carbocycles. The lowest BCUT2D eigenvalue weighted by atomic mass is 10.1. The Hall–Kier alpha value is -2.04. The minimum atomic E-state index is -0.458. The summed E-state index contributed by atoms with van der Waals surface area (Å²) in [7, 11) is 0. The van der Waals surface area contributed by atoms with Crippen LogP contribution in [0.15, 0.2) is 48.5 Å². The molecule has 0 heterocycles. The molecule has 5 heteroatoms. The standard InChI is InChI=1S/C15H15ClN2O2/c16-12-7-6-11(8-13(12)17)15(20)18-14(9-19)10-4-2-1-3-5-10/h1-8,14,19H,9,17H2,(H,18,20)/t14-/m0/s1. The molecule has 0 unspecified atom stereocenters. The number of carbonyl (C=O) groups excluding carboxylic acids is 1. The summed E-state index contributed by atoms with van der Waals surface area (Å²) in [5.41, 5.74) is 7.26. The molecular weight excluding hydrogens is 276 g/mol. The number of aliphatic hydroxyl groups is 1. The Morgan fingerprint density at radius 2 is 1.95 bits per heavy atom. The molecule has 0 spiro atoms. The van der Waals surface area contributed by atoms with Crippen molar-refractivity contribution in [1.82, 2.24) is 5.32 Å². The highest BCUT2D eigenvalue weighted by molar-refractivity contribution is 6.33. The molecule has 4 N–H and O–H groups in total. The third kappa shape index (κ3) is 3.29. The second-order valence-corrected chi connectivity index (χ2v) is 4.76. The Morgan fingerprint density at radius 1 is 1.25 bits per heavy atom. The Balaban J connectivity index is 2.15. The van der Waals surface area contributed by atoms with Crippen LogP contribution in [0.1, 0.15) is 22.0 Å².